The highest BCUT2D eigenvalue weighted by Gasteiger charge is 2.15. The third-order valence-corrected chi connectivity index (χ3v) is 5.31. The Morgan fingerprint density at radius 1 is 1.12 bits per heavy atom. The lowest BCUT2D eigenvalue weighted by Crippen LogP contribution is -2.29. The highest BCUT2D eigenvalue weighted by atomic mass is 35.5. The van der Waals surface area contributed by atoms with Gasteiger partial charge in [-0.2, -0.15) is 0 Å². The fourth-order valence-corrected chi connectivity index (χ4v) is 3.72. The van der Waals surface area contributed by atoms with Crippen LogP contribution in [0.15, 0.2) is 42.5 Å². The SMILES string of the molecule is CCN(c1ccc(OCC(=O)Nc2c(Cl)cccc2Cl)cc1)S(C)(=O)=O. The molecule has 0 aromatic heterocycles. The van der Waals surface area contributed by atoms with Crippen LogP contribution in [0.5, 0.6) is 5.75 Å². The predicted octanol–water partition coefficient (Wildman–Crippen LogP) is 3.80. The summed E-state index contributed by atoms with van der Waals surface area (Å²) in [4.78, 5) is 12.0. The van der Waals surface area contributed by atoms with Crippen molar-refractivity contribution in [3.63, 3.8) is 0 Å². The third-order valence-electron chi connectivity index (χ3n) is 3.41. The number of hydrogen-bond acceptors (Lipinski definition) is 4. The summed E-state index contributed by atoms with van der Waals surface area (Å²) in [6.45, 7) is 1.82. The number of carbonyl (C=O) groups excluding carboxylic acids is 1. The topological polar surface area (TPSA) is 75.7 Å². The molecule has 0 radical (unpaired) electrons. The van der Waals surface area contributed by atoms with Crippen LogP contribution in [-0.2, 0) is 14.8 Å². The molecule has 0 spiro atoms. The normalized spacial score (nSPS) is 11.1. The summed E-state index contributed by atoms with van der Waals surface area (Å²) in [7, 11) is -3.35. The first kappa shape index (κ1) is 20.4. The Morgan fingerprint density at radius 2 is 1.69 bits per heavy atom. The summed E-state index contributed by atoms with van der Waals surface area (Å²) in [6.07, 6.45) is 1.14. The van der Waals surface area contributed by atoms with Crippen molar-refractivity contribution in [2.45, 2.75) is 6.92 Å². The molecular weight excluding hydrogens is 399 g/mol. The minimum Gasteiger partial charge on any atom is -0.484 e. The maximum Gasteiger partial charge on any atom is 0.262 e. The van der Waals surface area contributed by atoms with Gasteiger partial charge in [-0.15, -0.1) is 0 Å². The second-order valence-electron chi connectivity index (χ2n) is 5.36. The van der Waals surface area contributed by atoms with Gasteiger partial charge in [-0.25, -0.2) is 8.42 Å². The molecule has 140 valence electrons. The summed E-state index contributed by atoms with van der Waals surface area (Å²) >= 11 is 12.0. The Morgan fingerprint density at radius 3 is 2.19 bits per heavy atom. The first-order valence-electron chi connectivity index (χ1n) is 7.66. The minimum atomic E-state index is -3.35. The summed E-state index contributed by atoms with van der Waals surface area (Å²) in [5, 5.41) is 3.25. The number of sulfonamides is 1. The molecule has 2 aromatic carbocycles. The van der Waals surface area contributed by atoms with E-state index in [0.29, 0.717) is 33.7 Å². The Bertz CT molecular complexity index is 866. The zero-order valence-electron chi connectivity index (χ0n) is 14.2. The number of benzene rings is 2. The van der Waals surface area contributed by atoms with Crippen LogP contribution < -0.4 is 14.4 Å². The number of para-hydroxylation sites is 1. The fourth-order valence-electron chi connectivity index (χ4n) is 2.26. The second-order valence-corrected chi connectivity index (χ2v) is 8.08. The van der Waals surface area contributed by atoms with E-state index in [0.717, 1.165) is 6.26 Å². The van der Waals surface area contributed by atoms with E-state index in [2.05, 4.69) is 5.32 Å². The van der Waals surface area contributed by atoms with E-state index >= 15 is 0 Å². The van der Waals surface area contributed by atoms with Crippen LogP contribution in [0.1, 0.15) is 6.92 Å². The van der Waals surface area contributed by atoms with E-state index in [1.165, 1.54) is 4.31 Å². The van der Waals surface area contributed by atoms with E-state index in [1.807, 2.05) is 0 Å². The lowest BCUT2D eigenvalue weighted by molar-refractivity contribution is -0.118. The monoisotopic (exact) mass is 416 g/mol. The summed E-state index contributed by atoms with van der Waals surface area (Å²) in [5.74, 6) is 0.00843. The number of anilines is 2. The van der Waals surface area contributed by atoms with Crippen LogP contribution in [0.25, 0.3) is 0 Å². The van der Waals surface area contributed by atoms with Gasteiger partial charge in [-0.1, -0.05) is 29.3 Å². The predicted molar refractivity (Wildman–Crippen MR) is 105 cm³/mol. The van der Waals surface area contributed by atoms with Crippen molar-refractivity contribution in [3.8, 4) is 5.75 Å². The van der Waals surface area contributed by atoms with E-state index in [1.54, 1.807) is 49.4 Å². The molecule has 0 aliphatic carbocycles. The summed E-state index contributed by atoms with van der Waals surface area (Å²) in [5.41, 5.74) is 0.848. The molecule has 2 aromatic rings. The molecule has 0 bridgehead atoms. The molecule has 0 unspecified atom stereocenters. The number of ether oxygens (including phenoxy) is 1. The van der Waals surface area contributed by atoms with E-state index in [9.17, 15) is 13.2 Å². The van der Waals surface area contributed by atoms with Gasteiger partial charge in [-0.3, -0.25) is 9.10 Å². The molecule has 2 rings (SSSR count). The van der Waals surface area contributed by atoms with Crippen LogP contribution in [-0.4, -0.2) is 33.7 Å². The number of nitrogens with one attached hydrogen (secondary N) is 1. The molecule has 0 saturated carbocycles. The number of carbonyl (C=O) groups is 1. The Balaban J connectivity index is 1.98. The molecule has 9 heteroatoms. The maximum absolute atomic E-state index is 12.0. The number of nitrogens with zero attached hydrogens (tertiary/aromatic N) is 1. The van der Waals surface area contributed by atoms with Gasteiger partial charge >= 0.3 is 0 Å². The second kappa shape index (κ2) is 8.62. The third kappa shape index (κ3) is 5.27. The van der Waals surface area contributed by atoms with Gasteiger partial charge in [-0.05, 0) is 43.3 Å². The molecule has 1 N–H and O–H groups in total. The quantitative estimate of drug-likeness (QED) is 0.744. The largest absolute Gasteiger partial charge is 0.484 e. The van der Waals surface area contributed by atoms with Crippen molar-refractivity contribution in [1.82, 2.24) is 0 Å². The Kier molecular flexibility index (Phi) is 6.75. The average Bonchev–Trinajstić information content (AvgIpc) is 2.57. The van der Waals surface area contributed by atoms with Crippen LogP contribution in [0.4, 0.5) is 11.4 Å². The number of hydrogen-bond donors (Lipinski definition) is 1. The van der Waals surface area contributed by atoms with Crippen molar-refractivity contribution in [3.05, 3.63) is 52.5 Å². The molecular formula is C17H18Cl2N2O4S. The number of amides is 1. The number of halogens is 2. The smallest absolute Gasteiger partial charge is 0.262 e. The maximum atomic E-state index is 12.0. The standard InChI is InChI=1S/C17H18Cl2N2O4S/c1-3-21(26(2,23)24)12-7-9-13(10-8-12)25-11-16(22)20-17-14(18)5-4-6-15(17)19/h4-10H,3,11H2,1-2H3,(H,20,22). The molecule has 1 amide bonds. The van der Waals surface area contributed by atoms with Crippen molar-refractivity contribution in [1.29, 1.82) is 0 Å². The van der Waals surface area contributed by atoms with Crippen molar-refractivity contribution in [2.75, 3.05) is 29.0 Å². The molecule has 0 aliphatic heterocycles. The molecule has 0 fully saturated rings. The average molecular weight is 417 g/mol. The van der Waals surface area contributed by atoms with Crippen LogP contribution in [0.2, 0.25) is 10.0 Å². The molecule has 6 nitrogen and oxygen atoms in total. The first-order valence-corrected chi connectivity index (χ1v) is 10.3. The van der Waals surface area contributed by atoms with Crippen LogP contribution >= 0.6 is 23.2 Å². The van der Waals surface area contributed by atoms with Gasteiger partial charge < -0.3 is 10.1 Å². The van der Waals surface area contributed by atoms with Crippen LogP contribution in [0, 0.1) is 0 Å². The zero-order valence-corrected chi connectivity index (χ0v) is 16.5. The molecule has 0 saturated heterocycles. The van der Waals surface area contributed by atoms with Crippen LogP contribution in [0.3, 0.4) is 0 Å². The van der Waals surface area contributed by atoms with Gasteiger partial charge in [0.15, 0.2) is 6.61 Å². The summed E-state index contributed by atoms with van der Waals surface area (Å²) < 4.78 is 30.1. The Hall–Kier alpha value is -1.96. The van der Waals surface area contributed by atoms with Gasteiger partial charge in [0.2, 0.25) is 10.0 Å². The Labute approximate surface area is 162 Å². The van der Waals surface area contributed by atoms with E-state index in [4.69, 9.17) is 27.9 Å². The fraction of sp³-hybridized carbons (Fsp3) is 0.235. The van der Waals surface area contributed by atoms with Gasteiger partial charge in [0, 0.05) is 6.54 Å². The molecule has 0 aliphatic rings. The lowest BCUT2D eigenvalue weighted by Gasteiger charge is -2.20. The van der Waals surface area contributed by atoms with Gasteiger partial charge in [0.05, 0.1) is 27.7 Å². The van der Waals surface area contributed by atoms with Gasteiger partial charge in [0.1, 0.15) is 5.75 Å². The molecule has 0 heterocycles. The number of rotatable bonds is 7. The van der Waals surface area contributed by atoms with Gasteiger partial charge in [0.25, 0.3) is 5.91 Å². The summed E-state index contributed by atoms with van der Waals surface area (Å²) in [6, 6.07) is 11.3. The van der Waals surface area contributed by atoms with Crippen molar-refractivity contribution < 1.29 is 17.9 Å². The first-order chi connectivity index (χ1) is 12.2. The lowest BCUT2D eigenvalue weighted by atomic mass is 10.3. The van der Waals surface area contributed by atoms with Crippen molar-refractivity contribution >= 4 is 50.5 Å². The highest BCUT2D eigenvalue weighted by molar-refractivity contribution is 7.92. The van der Waals surface area contributed by atoms with E-state index < -0.39 is 15.9 Å². The molecule has 0 atom stereocenters. The molecule has 26 heavy (non-hydrogen) atoms. The van der Waals surface area contributed by atoms with Crippen molar-refractivity contribution in [2.24, 2.45) is 0 Å². The zero-order chi connectivity index (χ0) is 19.3. The minimum absolute atomic E-state index is 0.246. The van der Waals surface area contributed by atoms with E-state index in [-0.39, 0.29) is 6.61 Å². The highest BCUT2D eigenvalue weighted by Crippen LogP contribution is 2.29.